The maximum Gasteiger partial charge on any atom is 0.253 e. The van der Waals surface area contributed by atoms with Crippen LogP contribution in [0.3, 0.4) is 0 Å². The molecule has 0 bridgehead atoms. The number of carbonyl (C=O) groups is 1. The van der Waals surface area contributed by atoms with E-state index in [0.717, 1.165) is 4.47 Å². The number of hydrogen-bond acceptors (Lipinski definition) is 1. The van der Waals surface area contributed by atoms with Crippen molar-refractivity contribution in [2.75, 3.05) is 7.05 Å². The van der Waals surface area contributed by atoms with E-state index >= 15 is 0 Å². The second kappa shape index (κ2) is 6.37. The third-order valence-electron chi connectivity index (χ3n) is 2.86. The fraction of sp³-hybridized carbons (Fsp3) is 0.133. The third kappa shape index (κ3) is 3.58. The molecular weight excluding hydrogens is 345 g/mol. The summed E-state index contributed by atoms with van der Waals surface area (Å²) in [5.74, 6) is -0.501. The van der Waals surface area contributed by atoms with E-state index in [0.29, 0.717) is 22.7 Å². The predicted molar refractivity (Wildman–Crippen MR) is 81.3 cm³/mol. The van der Waals surface area contributed by atoms with Crippen LogP contribution in [-0.2, 0) is 6.54 Å². The van der Waals surface area contributed by atoms with Crippen molar-refractivity contribution in [2.24, 2.45) is 0 Å². The minimum atomic E-state index is -0.388. The standard InChI is InChI=1S/C15H12BrClFNO/c1-19(9-11-4-7-13(18)8-14(11)17)15(20)10-2-5-12(16)6-3-10/h2-8H,9H2,1H3. The molecule has 0 aliphatic heterocycles. The SMILES string of the molecule is CN(Cc1ccc(F)cc1Cl)C(=O)c1ccc(Br)cc1. The van der Waals surface area contributed by atoms with Crippen LogP contribution in [0.5, 0.6) is 0 Å². The normalized spacial score (nSPS) is 10.4. The molecular formula is C15H12BrClFNO. The van der Waals surface area contributed by atoms with Gasteiger partial charge in [0.2, 0.25) is 0 Å². The lowest BCUT2D eigenvalue weighted by atomic mass is 10.1. The molecule has 0 atom stereocenters. The van der Waals surface area contributed by atoms with Gasteiger partial charge in [-0.2, -0.15) is 0 Å². The van der Waals surface area contributed by atoms with E-state index in [-0.39, 0.29) is 11.7 Å². The minimum Gasteiger partial charge on any atom is -0.337 e. The van der Waals surface area contributed by atoms with Gasteiger partial charge in [-0.15, -0.1) is 0 Å². The van der Waals surface area contributed by atoms with Crippen molar-refractivity contribution in [1.29, 1.82) is 0 Å². The molecule has 2 aromatic rings. The van der Waals surface area contributed by atoms with Gasteiger partial charge < -0.3 is 4.90 Å². The summed E-state index contributed by atoms with van der Waals surface area (Å²) in [6.45, 7) is 0.327. The van der Waals surface area contributed by atoms with Gasteiger partial charge in [-0.1, -0.05) is 33.6 Å². The van der Waals surface area contributed by atoms with Gasteiger partial charge in [0, 0.05) is 28.7 Å². The number of benzene rings is 2. The topological polar surface area (TPSA) is 20.3 Å². The van der Waals surface area contributed by atoms with Crippen LogP contribution in [0.2, 0.25) is 5.02 Å². The van der Waals surface area contributed by atoms with Crippen LogP contribution in [0.15, 0.2) is 46.9 Å². The largest absolute Gasteiger partial charge is 0.337 e. The Balaban J connectivity index is 2.13. The van der Waals surface area contributed by atoms with E-state index in [4.69, 9.17) is 11.6 Å². The summed E-state index contributed by atoms with van der Waals surface area (Å²) >= 11 is 9.28. The van der Waals surface area contributed by atoms with Crippen LogP contribution >= 0.6 is 27.5 Å². The molecule has 0 unspecified atom stereocenters. The lowest BCUT2D eigenvalue weighted by Gasteiger charge is -2.18. The molecule has 5 heteroatoms. The molecule has 0 radical (unpaired) electrons. The van der Waals surface area contributed by atoms with Crippen molar-refractivity contribution in [3.63, 3.8) is 0 Å². The van der Waals surface area contributed by atoms with Crippen LogP contribution in [0.1, 0.15) is 15.9 Å². The first-order valence-corrected chi connectivity index (χ1v) is 7.09. The van der Waals surface area contributed by atoms with Crippen molar-refractivity contribution < 1.29 is 9.18 Å². The first-order chi connectivity index (χ1) is 9.47. The zero-order chi connectivity index (χ0) is 14.7. The average Bonchev–Trinajstić information content (AvgIpc) is 2.42. The molecule has 0 aliphatic rings. The average molecular weight is 357 g/mol. The van der Waals surface area contributed by atoms with Gasteiger partial charge >= 0.3 is 0 Å². The Morgan fingerprint density at radius 1 is 1.25 bits per heavy atom. The monoisotopic (exact) mass is 355 g/mol. The number of nitrogens with zero attached hydrogens (tertiary/aromatic N) is 1. The molecule has 1 amide bonds. The highest BCUT2D eigenvalue weighted by Gasteiger charge is 2.13. The first kappa shape index (κ1) is 15.0. The van der Waals surface area contributed by atoms with Crippen LogP contribution in [0.4, 0.5) is 4.39 Å². The predicted octanol–water partition coefficient (Wildman–Crippen LogP) is 4.51. The van der Waals surface area contributed by atoms with Gasteiger partial charge in [0.1, 0.15) is 5.82 Å². The zero-order valence-electron chi connectivity index (χ0n) is 10.7. The molecule has 0 saturated heterocycles. The van der Waals surface area contributed by atoms with Crippen molar-refractivity contribution in [3.8, 4) is 0 Å². The Morgan fingerprint density at radius 2 is 1.90 bits per heavy atom. The zero-order valence-corrected chi connectivity index (χ0v) is 13.1. The smallest absolute Gasteiger partial charge is 0.253 e. The van der Waals surface area contributed by atoms with Crippen molar-refractivity contribution >= 4 is 33.4 Å². The molecule has 2 rings (SSSR count). The van der Waals surface area contributed by atoms with Gasteiger partial charge in [0.15, 0.2) is 0 Å². The van der Waals surface area contributed by atoms with E-state index in [1.165, 1.54) is 12.1 Å². The number of carbonyl (C=O) groups excluding carboxylic acids is 1. The van der Waals surface area contributed by atoms with Crippen LogP contribution in [0, 0.1) is 5.82 Å². The molecule has 0 spiro atoms. The second-order valence-corrected chi connectivity index (χ2v) is 5.73. The van der Waals surface area contributed by atoms with Gasteiger partial charge in [0.05, 0.1) is 0 Å². The Labute approximate surface area is 130 Å². The highest BCUT2D eigenvalue weighted by Crippen LogP contribution is 2.19. The summed E-state index contributed by atoms with van der Waals surface area (Å²) in [6.07, 6.45) is 0. The van der Waals surface area contributed by atoms with Gasteiger partial charge in [-0.25, -0.2) is 4.39 Å². The highest BCUT2D eigenvalue weighted by atomic mass is 79.9. The molecule has 0 saturated carbocycles. The summed E-state index contributed by atoms with van der Waals surface area (Å²) < 4.78 is 13.9. The molecule has 0 aliphatic carbocycles. The number of hydrogen-bond donors (Lipinski definition) is 0. The summed E-state index contributed by atoms with van der Waals surface area (Å²) in [5, 5.41) is 0.320. The Kier molecular flexibility index (Phi) is 4.78. The third-order valence-corrected chi connectivity index (χ3v) is 3.74. The summed E-state index contributed by atoms with van der Waals surface area (Å²) in [5.41, 5.74) is 1.30. The van der Waals surface area contributed by atoms with Gasteiger partial charge in [-0.05, 0) is 42.0 Å². The van der Waals surface area contributed by atoms with Crippen molar-refractivity contribution in [3.05, 3.63) is 68.9 Å². The van der Waals surface area contributed by atoms with E-state index in [1.54, 1.807) is 30.1 Å². The lowest BCUT2D eigenvalue weighted by molar-refractivity contribution is 0.0785. The lowest BCUT2D eigenvalue weighted by Crippen LogP contribution is -2.26. The number of rotatable bonds is 3. The van der Waals surface area contributed by atoms with Crippen LogP contribution < -0.4 is 0 Å². The molecule has 2 aromatic carbocycles. The van der Waals surface area contributed by atoms with E-state index in [1.807, 2.05) is 12.1 Å². The maximum atomic E-state index is 13.0. The van der Waals surface area contributed by atoms with Crippen LogP contribution in [0.25, 0.3) is 0 Å². The Hall–Kier alpha value is -1.39. The molecule has 20 heavy (non-hydrogen) atoms. The van der Waals surface area contributed by atoms with Crippen molar-refractivity contribution in [1.82, 2.24) is 4.90 Å². The Bertz CT molecular complexity index is 630. The summed E-state index contributed by atoms with van der Waals surface area (Å²) in [6, 6.07) is 11.3. The molecule has 0 N–H and O–H groups in total. The maximum absolute atomic E-state index is 13.0. The second-order valence-electron chi connectivity index (χ2n) is 4.40. The van der Waals surface area contributed by atoms with E-state index in [9.17, 15) is 9.18 Å². The van der Waals surface area contributed by atoms with E-state index < -0.39 is 0 Å². The molecule has 0 heterocycles. The molecule has 0 fully saturated rings. The number of halogens is 3. The summed E-state index contributed by atoms with van der Waals surface area (Å²) in [7, 11) is 1.68. The van der Waals surface area contributed by atoms with Gasteiger partial charge in [0.25, 0.3) is 5.91 Å². The number of amides is 1. The molecule has 104 valence electrons. The van der Waals surface area contributed by atoms with Gasteiger partial charge in [-0.3, -0.25) is 4.79 Å². The Morgan fingerprint density at radius 3 is 2.50 bits per heavy atom. The highest BCUT2D eigenvalue weighted by molar-refractivity contribution is 9.10. The minimum absolute atomic E-state index is 0.113. The molecule has 0 aromatic heterocycles. The van der Waals surface area contributed by atoms with E-state index in [2.05, 4.69) is 15.9 Å². The fourth-order valence-electron chi connectivity index (χ4n) is 1.79. The fourth-order valence-corrected chi connectivity index (χ4v) is 2.28. The molecule has 2 nitrogen and oxygen atoms in total. The quantitative estimate of drug-likeness (QED) is 0.792. The van der Waals surface area contributed by atoms with Crippen molar-refractivity contribution in [2.45, 2.75) is 6.54 Å². The summed E-state index contributed by atoms with van der Waals surface area (Å²) in [4.78, 5) is 13.8. The first-order valence-electron chi connectivity index (χ1n) is 5.92. The van der Waals surface area contributed by atoms with Crippen LogP contribution in [-0.4, -0.2) is 17.9 Å².